The van der Waals surface area contributed by atoms with E-state index in [1.54, 1.807) is 0 Å². The highest BCUT2D eigenvalue weighted by Crippen LogP contribution is 2.32. The maximum Gasteiger partial charge on any atom is 0.334 e. The molecule has 5 heteroatoms. The summed E-state index contributed by atoms with van der Waals surface area (Å²) >= 11 is 0. The van der Waals surface area contributed by atoms with Crippen molar-refractivity contribution in [1.29, 1.82) is 0 Å². The Morgan fingerprint density at radius 2 is 1.53 bits per heavy atom. The monoisotopic (exact) mass is 448 g/mol. The van der Waals surface area contributed by atoms with Gasteiger partial charge in [0.2, 0.25) is 0 Å². The zero-order valence-electron chi connectivity index (χ0n) is 20.3. The predicted octanol–water partition coefficient (Wildman–Crippen LogP) is 6.36. The number of ether oxygens (including phenoxy) is 2. The third kappa shape index (κ3) is 12.2. The summed E-state index contributed by atoms with van der Waals surface area (Å²) in [7, 11) is 1.28. The Kier molecular flexibility index (Phi) is 15.5. The third-order valence-corrected chi connectivity index (χ3v) is 5.90. The molecule has 1 N–H and O–H groups in total. The van der Waals surface area contributed by atoms with Crippen LogP contribution in [0.3, 0.4) is 0 Å². The van der Waals surface area contributed by atoms with Gasteiger partial charge in [0.05, 0.1) is 13.7 Å². The zero-order chi connectivity index (χ0) is 23.5. The fourth-order valence-corrected chi connectivity index (χ4v) is 3.85. The number of allylic oxidation sites excluding steroid dienone is 3. The first-order valence-electron chi connectivity index (χ1n) is 12.5. The van der Waals surface area contributed by atoms with Gasteiger partial charge in [0.15, 0.2) is 5.60 Å². The second-order valence-electron chi connectivity index (χ2n) is 8.75. The van der Waals surface area contributed by atoms with Crippen LogP contribution in [-0.2, 0) is 19.1 Å². The van der Waals surface area contributed by atoms with E-state index < -0.39 is 17.5 Å². The van der Waals surface area contributed by atoms with Crippen molar-refractivity contribution in [3.05, 3.63) is 36.0 Å². The number of unbranched alkanes of at least 4 members (excludes halogenated alkanes) is 12. The molecule has 0 radical (unpaired) electrons. The second kappa shape index (κ2) is 17.6. The van der Waals surface area contributed by atoms with E-state index in [-0.39, 0.29) is 13.0 Å². The van der Waals surface area contributed by atoms with E-state index in [2.05, 4.69) is 23.8 Å². The fraction of sp³-hybridized carbons (Fsp3) is 0.704. The highest BCUT2D eigenvalue weighted by atomic mass is 16.6. The number of carbonyl (C=O) groups is 2. The van der Waals surface area contributed by atoms with Crippen molar-refractivity contribution >= 4 is 11.9 Å². The molecule has 1 atom stereocenters. The first kappa shape index (κ1) is 28.2. The number of rotatable bonds is 18. The number of methoxy groups -OCH3 is 1. The third-order valence-electron chi connectivity index (χ3n) is 5.90. The molecule has 1 fully saturated rings. The molecule has 1 aliphatic heterocycles. The molecule has 5 nitrogen and oxygen atoms in total. The van der Waals surface area contributed by atoms with Gasteiger partial charge in [-0.15, -0.1) is 0 Å². The van der Waals surface area contributed by atoms with Crippen LogP contribution in [0, 0.1) is 0 Å². The van der Waals surface area contributed by atoms with Gasteiger partial charge in [-0.05, 0) is 44.6 Å². The summed E-state index contributed by atoms with van der Waals surface area (Å²) in [5, 5.41) is 9.64. The van der Waals surface area contributed by atoms with E-state index in [4.69, 9.17) is 4.74 Å². The molecule has 0 aromatic heterocycles. The van der Waals surface area contributed by atoms with Crippen LogP contribution < -0.4 is 0 Å². The van der Waals surface area contributed by atoms with Crippen molar-refractivity contribution in [2.75, 3.05) is 13.7 Å². The quantitative estimate of drug-likeness (QED) is 0.114. The van der Waals surface area contributed by atoms with Crippen LogP contribution in [-0.4, -0.2) is 36.4 Å². The van der Waals surface area contributed by atoms with Gasteiger partial charge in [0, 0.05) is 18.1 Å². The molecule has 0 amide bonds. The van der Waals surface area contributed by atoms with Crippen LogP contribution in [0.25, 0.3) is 0 Å². The minimum atomic E-state index is -1.15. The molecule has 1 saturated heterocycles. The molecule has 0 aromatic rings. The van der Waals surface area contributed by atoms with Crippen molar-refractivity contribution < 1.29 is 24.2 Å². The lowest BCUT2D eigenvalue weighted by molar-refractivity contribution is -0.146. The summed E-state index contributed by atoms with van der Waals surface area (Å²) in [6, 6.07) is 0. The fourth-order valence-electron chi connectivity index (χ4n) is 3.85. The van der Waals surface area contributed by atoms with Gasteiger partial charge in [-0.3, -0.25) is 0 Å². The SMILES string of the molecule is CCCCCCCC/C=C\CCCCCCC/C=C1/C[C@](C=CC(=O)OC)(CO)OC1=O. The Hall–Kier alpha value is -1.88. The number of esters is 2. The van der Waals surface area contributed by atoms with Crippen LogP contribution in [0.5, 0.6) is 0 Å². The van der Waals surface area contributed by atoms with Crippen molar-refractivity contribution in [2.45, 2.75) is 109 Å². The number of cyclic esters (lactones) is 1. The van der Waals surface area contributed by atoms with Gasteiger partial charge in [-0.2, -0.15) is 0 Å². The molecule has 1 rings (SSSR count). The molecule has 32 heavy (non-hydrogen) atoms. The number of carbonyl (C=O) groups excluding carboxylic acids is 2. The summed E-state index contributed by atoms with van der Waals surface area (Å²) < 4.78 is 9.88. The van der Waals surface area contributed by atoms with Crippen LogP contribution >= 0.6 is 0 Å². The van der Waals surface area contributed by atoms with E-state index in [1.807, 2.05) is 6.08 Å². The summed E-state index contributed by atoms with van der Waals surface area (Å²) in [4.78, 5) is 23.4. The molecular weight excluding hydrogens is 404 g/mol. The summed E-state index contributed by atoms with van der Waals surface area (Å²) in [5.74, 6) is -0.957. The molecule has 1 aliphatic rings. The van der Waals surface area contributed by atoms with Crippen molar-refractivity contribution in [1.82, 2.24) is 0 Å². The lowest BCUT2D eigenvalue weighted by Gasteiger charge is -2.19. The predicted molar refractivity (Wildman–Crippen MR) is 129 cm³/mol. The molecule has 0 spiro atoms. The van der Waals surface area contributed by atoms with Gasteiger partial charge in [-0.1, -0.05) is 76.5 Å². The minimum Gasteiger partial charge on any atom is -0.466 e. The molecule has 1 heterocycles. The van der Waals surface area contributed by atoms with Gasteiger partial charge < -0.3 is 14.6 Å². The minimum absolute atomic E-state index is 0.279. The Morgan fingerprint density at radius 1 is 0.969 bits per heavy atom. The molecular formula is C27H44O5. The lowest BCUT2D eigenvalue weighted by Crippen LogP contribution is -2.30. The van der Waals surface area contributed by atoms with Crippen molar-refractivity contribution in [3.63, 3.8) is 0 Å². The highest BCUT2D eigenvalue weighted by molar-refractivity contribution is 5.92. The number of hydrogen-bond donors (Lipinski definition) is 1. The Bertz CT molecular complexity index is 620. The first-order chi connectivity index (χ1) is 15.6. The summed E-state index contributed by atoms with van der Waals surface area (Å²) in [6.07, 6.45) is 26.7. The summed E-state index contributed by atoms with van der Waals surface area (Å²) in [6.45, 7) is 1.89. The van der Waals surface area contributed by atoms with E-state index in [1.165, 1.54) is 89.9 Å². The first-order valence-corrected chi connectivity index (χ1v) is 12.5. The standard InChI is InChI=1S/C27H44O5/c1-3-4-5-6-7-8-9-10-11-12-13-14-15-16-17-18-19-24-22-27(23-28,32-26(24)30)21-20-25(29)31-2/h10-11,19-21,28H,3-9,12-18,22-23H2,1-2H3/b11-10-,21-20?,24-19-/t27-/m1/s1. The number of aliphatic hydroxyl groups is 1. The van der Waals surface area contributed by atoms with Gasteiger partial charge >= 0.3 is 11.9 Å². The molecule has 0 saturated carbocycles. The second-order valence-corrected chi connectivity index (χ2v) is 8.75. The van der Waals surface area contributed by atoms with Crippen LogP contribution in [0.2, 0.25) is 0 Å². The van der Waals surface area contributed by atoms with Gasteiger partial charge in [0.25, 0.3) is 0 Å². The van der Waals surface area contributed by atoms with E-state index >= 15 is 0 Å². The van der Waals surface area contributed by atoms with E-state index in [0.29, 0.717) is 5.57 Å². The zero-order valence-corrected chi connectivity index (χ0v) is 20.3. The smallest absolute Gasteiger partial charge is 0.334 e. The van der Waals surface area contributed by atoms with Gasteiger partial charge in [-0.25, -0.2) is 9.59 Å². The van der Waals surface area contributed by atoms with E-state index in [0.717, 1.165) is 19.3 Å². The van der Waals surface area contributed by atoms with Crippen molar-refractivity contribution in [2.24, 2.45) is 0 Å². The van der Waals surface area contributed by atoms with Crippen LogP contribution in [0.1, 0.15) is 103 Å². The molecule has 0 aromatic carbocycles. The van der Waals surface area contributed by atoms with Gasteiger partial charge in [0.1, 0.15) is 0 Å². The molecule has 0 bridgehead atoms. The topological polar surface area (TPSA) is 72.8 Å². The average molecular weight is 449 g/mol. The maximum absolute atomic E-state index is 12.1. The molecule has 0 aliphatic carbocycles. The Morgan fingerprint density at radius 3 is 2.09 bits per heavy atom. The largest absolute Gasteiger partial charge is 0.466 e. The number of hydrogen-bond acceptors (Lipinski definition) is 5. The van der Waals surface area contributed by atoms with Crippen LogP contribution in [0.4, 0.5) is 0 Å². The summed E-state index contributed by atoms with van der Waals surface area (Å²) in [5.41, 5.74) is -0.580. The Balaban J connectivity index is 2.10. The molecule has 182 valence electrons. The van der Waals surface area contributed by atoms with Crippen molar-refractivity contribution in [3.8, 4) is 0 Å². The average Bonchev–Trinajstić information content (AvgIpc) is 3.13. The maximum atomic E-state index is 12.1. The highest BCUT2D eigenvalue weighted by Gasteiger charge is 2.41. The normalized spacial score (nSPS) is 20.0. The lowest BCUT2D eigenvalue weighted by atomic mass is 9.97. The number of aliphatic hydroxyl groups excluding tert-OH is 1. The Labute approximate surface area is 194 Å². The van der Waals surface area contributed by atoms with Crippen LogP contribution in [0.15, 0.2) is 36.0 Å². The molecule has 0 unspecified atom stereocenters. The van der Waals surface area contributed by atoms with E-state index in [9.17, 15) is 14.7 Å².